The van der Waals surface area contributed by atoms with E-state index in [4.69, 9.17) is 0 Å². The molecule has 82 valence electrons. The van der Waals surface area contributed by atoms with Crippen molar-refractivity contribution in [1.29, 1.82) is 0 Å². The number of hydrazine groups is 1. The lowest BCUT2D eigenvalue weighted by atomic mass is 9.99. The number of hydrogen-bond acceptors (Lipinski definition) is 2. The third-order valence-electron chi connectivity index (χ3n) is 3.80. The maximum atomic E-state index is 2.61. The third kappa shape index (κ3) is 2.48. The molecule has 2 saturated heterocycles. The molecule has 0 spiro atoms. The van der Waals surface area contributed by atoms with E-state index in [1.54, 1.807) is 0 Å². The van der Waals surface area contributed by atoms with Crippen LogP contribution >= 0.6 is 0 Å². The molecule has 2 aliphatic rings. The Morgan fingerprint density at radius 2 is 1.50 bits per heavy atom. The van der Waals surface area contributed by atoms with Crippen molar-refractivity contribution in [2.75, 3.05) is 26.2 Å². The highest BCUT2D eigenvalue weighted by atomic mass is 15.6. The van der Waals surface area contributed by atoms with Gasteiger partial charge in [0.05, 0.1) is 0 Å². The lowest BCUT2D eigenvalue weighted by Gasteiger charge is -2.42. The van der Waals surface area contributed by atoms with Crippen LogP contribution < -0.4 is 0 Å². The monoisotopic (exact) mass is 196 g/mol. The minimum Gasteiger partial charge on any atom is -0.242 e. The number of piperidine rings is 2. The summed E-state index contributed by atoms with van der Waals surface area (Å²) in [5.74, 6) is 1.86. The fourth-order valence-electron chi connectivity index (χ4n) is 2.70. The second kappa shape index (κ2) is 4.63. The SMILES string of the molecule is CC1CCN(N2CCCC(C)C2)CC1. The van der Waals surface area contributed by atoms with E-state index in [0.717, 1.165) is 11.8 Å². The molecule has 2 nitrogen and oxygen atoms in total. The average Bonchev–Trinajstić information content (AvgIpc) is 2.19. The van der Waals surface area contributed by atoms with Gasteiger partial charge in [-0.25, -0.2) is 10.0 Å². The zero-order valence-electron chi connectivity index (χ0n) is 9.71. The van der Waals surface area contributed by atoms with Crippen LogP contribution in [0.1, 0.15) is 39.5 Å². The normalized spacial score (nSPS) is 33.4. The van der Waals surface area contributed by atoms with Crippen LogP contribution in [0.2, 0.25) is 0 Å². The molecule has 2 aliphatic heterocycles. The van der Waals surface area contributed by atoms with Gasteiger partial charge in [0.25, 0.3) is 0 Å². The fourth-order valence-corrected chi connectivity index (χ4v) is 2.70. The van der Waals surface area contributed by atoms with Gasteiger partial charge in [0.1, 0.15) is 0 Å². The molecule has 1 unspecified atom stereocenters. The van der Waals surface area contributed by atoms with Crippen LogP contribution in [0.15, 0.2) is 0 Å². The molecule has 1 atom stereocenters. The molecular formula is C12H24N2. The van der Waals surface area contributed by atoms with Gasteiger partial charge in [-0.05, 0) is 37.5 Å². The van der Waals surface area contributed by atoms with Crippen molar-refractivity contribution in [3.63, 3.8) is 0 Å². The summed E-state index contributed by atoms with van der Waals surface area (Å²) in [7, 11) is 0. The Balaban J connectivity index is 1.82. The summed E-state index contributed by atoms with van der Waals surface area (Å²) < 4.78 is 0. The highest BCUT2D eigenvalue weighted by molar-refractivity contribution is 4.73. The maximum absolute atomic E-state index is 2.61. The Hall–Kier alpha value is -0.0800. The molecule has 2 heterocycles. The Morgan fingerprint density at radius 1 is 0.786 bits per heavy atom. The number of rotatable bonds is 1. The summed E-state index contributed by atoms with van der Waals surface area (Å²) >= 11 is 0. The van der Waals surface area contributed by atoms with Gasteiger partial charge >= 0.3 is 0 Å². The highest BCUT2D eigenvalue weighted by Gasteiger charge is 2.24. The predicted molar refractivity (Wildman–Crippen MR) is 59.9 cm³/mol. The largest absolute Gasteiger partial charge is 0.242 e. The second-order valence-corrected chi connectivity index (χ2v) is 5.30. The zero-order valence-corrected chi connectivity index (χ0v) is 9.71. The molecular weight excluding hydrogens is 172 g/mol. The second-order valence-electron chi connectivity index (χ2n) is 5.30. The van der Waals surface area contributed by atoms with E-state index in [2.05, 4.69) is 23.9 Å². The molecule has 0 saturated carbocycles. The van der Waals surface area contributed by atoms with E-state index in [1.165, 1.54) is 51.9 Å². The first-order valence-electron chi connectivity index (χ1n) is 6.25. The van der Waals surface area contributed by atoms with Gasteiger partial charge in [0.2, 0.25) is 0 Å². The van der Waals surface area contributed by atoms with Crippen LogP contribution in [-0.2, 0) is 0 Å². The molecule has 2 rings (SSSR count). The molecule has 0 aromatic carbocycles. The topological polar surface area (TPSA) is 6.48 Å². The first-order valence-corrected chi connectivity index (χ1v) is 6.25. The van der Waals surface area contributed by atoms with Crippen molar-refractivity contribution in [3.8, 4) is 0 Å². The minimum absolute atomic E-state index is 0.906. The number of nitrogens with zero attached hydrogens (tertiary/aromatic N) is 2. The van der Waals surface area contributed by atoms with Crippen molar-refractivity contribution >= 4 is 0 Å². The van der Waals surface area contributed by atoms with Crippen molar-refractivity contribution in [2.45, 2.75) is 39.5 Å². The third-order valence-corrected chi connectivity index (χ3v) is 3.80. The summed E-state index contributed by atoms with van der Waals surface area (Å²) in [5, 5.41) is 5.22. The zero-order chi connectivity index (χ0) is 9.97. The van der Waals surface area contributed by atoms with Crippen LogP contribution in [0.25, 0.3) is 0 Å². The van der Waals surface area contributed by atoms with Crippen LogP contribution in [0.3, 0.4) is 0 Å². The smallest absolute Gasteiger partial charge is 0.0159 e. The summed E-state index contributed by atoms with van der Waals surface area (Å²) in [6.07, 6.45) is 5.61. The van der Waals surface area contributed by atoms with Crippen LogP contribution in [0.5, 0.6) is 0 Å². The van der Waals surface area contributed by atoms with Gasteiger partial charge in [-0.1, -0.05) is 13.8 Å². The van der Waals surface area contributed by atoms with E-state index in [9.17, 15) is 0 Å². The van der Waals surface area contributed by atoms with Crippen LogP contribution in [-0.4, -0.2) is 36.2 Å². The van der Waals surface area contributed by atoms with Gasteiger partial charge in [0.15, 0.2) is 0 Å². The van der Waals surface area contributed by atoms with E-state index in [1.807, 2.05) is 0 Å². The van der Waals surface area contributed by atoms with Gasteiger partial charge in [-0.2, -0.15) is 0 Å². The summed E-state index contributed by atoms with van der Waals surface area (Å²) in [5.41, 5.74) is 0. The van der Waals surface area contributed by atoms with Gasteiger partial charge in [0, 0.05) is 26.2 Å². The summed E-state index contributed by atoms with van der Waals surface area (Å²) in [6, 6.07) is 0. The summed E-state index contributed by atoms with van der Waals surface area (Å²) in [4.78, 5) is 0. The Morgan fingerprint density at radius 3 is 2.14 bits per heavy atom. The summed E-state index contributed by atoms with van der Waals surface area (Å²) in [6.45, 7) is 9.98. The van der Waals surface area contributed by atoms with Gasteiger partial charge in [-0.3, -0.25) is 0 Å². The molecule has 14 heavy (non-hydrogen) atoms. The fraction of sp³-hybridized carbons (Fsp3) is 1.00. The molecule has 0 aliphatic carbocycles. The molecule has 0 aromatic rings. The maximum Gasteiger partial charge on any atom is 0.0159 e. The standard InChI is InChI=1S/C12H24N2/c1-11-5-8-13(9-6-11)14-7-3-4-12(2)10-14/h11-12H,3-10H2,1-2H3. The predicted octanol–water partition coefficient (Wildman–Crippen LogP) is 2.37. The highest BCUT2D eigenvalue weighted by Crippen LogP contribution is 2.22. The van der Waals surface area contributed by atoms with Crippen molar-refractivity contribution in [3.05, 3.63) is 0 Å². The van der Waals surface area contributed by atoms with E-state index < -0.39 is 0 Å². The van der Waals surface area contributed by atoms with Gasteiger partial charge < -0.3 is 0 Å². The molecule has 2 fully saturated rings. The molecule has 0 aromatic heterocycles. The van der Waals surface area contributed by atoms with Gasteiger partial charge in [-0.15, -0.1) is 0 Å². The molecule has 0 amide bonds. The molecule has 0 radical (unpaired) electrons. The van der Waals surface area contributed by atoms with E-state index in [-0.39, 0.29) is 0 Å². The molecule has 0 N–H and O–H groups in total. The Kier molecular flexibility index (Phi) is 3.45. The van der Waals surface area contributed by atoms with Crippen molar-refractivity contribution in [2.24, 2.45) is 11.8 Å². The Bertz CT molecular complexity index is 173. The molecule has 0 bridgehead atoms. The number of hydrogen-bond donors (Lipinski definition) is 0. The van der Waals surface area contributed by atoms with Crippen LogP contribution in [0, 0.1) is 11.8 Å². The first kappa shape index (κ1) is 10.4. The first-order chi connectivity index (χ1) is 6.75. The quantitative estimate of drug-likeness (QED) is 0.635. The Labute approximate surface area is 88.2 Å². The molecule has 2 heteroatoms. The minimum atomic E-state index is 0.906. The average molecular weight is 196 g/mol. The van der Waals surface area contributed by atoms with E-state index in [0.29, 0.717) is 0 Å². The van der Waals surface area contributed by atoms with Crippen LogP contribution in [0.4, 0.5) is 0 Å². The van der Waals surface area contributed by atoms with E-state index >= 15 is 0 Å². The lowest BCUT2D eigenvalue weighted by Crippen LogP contribution is -2.50. The van der Waals surface area contributed by atoms with Crippen molar-refractivity contribution in [1.82, 2.24) is 10.0 Å². The lowest BCUT2D eigenvalue weighted by molar-refractivity contribution is -0.0711. The van der Waals surface area contributed by atoms with Crippen molar-refractivity contribution < 1.29 is 0 Å².